The minimum Gasteiger partial charge on any atom is -0.396 e. The van der Waals surface area contributed by atoms with Crippen molar-refractivity contribution in [2.24, 2.45) is 0 Å². The summed E-state index contributed by atoms with van der Waals surface area (Å²) in [6.07, 6.45) is 3.48. The molecule has 0 radical (unpaired) electrons. The summed E-state index contributed by atoms with van der Waals surface area (Å²) in [5.41, 5.74) is 0.947. The Morgan fingerprint density at radius 3 is 3.00 bits per heavy atom. The second-order valence-electron chi connectivity index (χ2n) is 3.24. The lowest BCUT2D eigenvalue weighted by atomic mass is 10.2. The first kappa shape index (κ1) is 10.2. The molecule has 1 aromatic heterocycles. The van der Waals surface area contributed by atoms with Crippen LogP contribution in [0, 0.1) is 0 Å². The highest BCUT2D eigenvalue weighted by atomic mass is 16.3. The van der Waals surface area contributed by atoms with E-state index in [1.54, 1.807) is 13.1 Å². The fraction of sp³-hybridized carbons (Fsp3) is 0.667. The van der Waals surface area contributed by atoms with Crippen molar-refractivity contribution in [1.29, 1.82) is 0 Å². The van der Waals surface area contributed by atoms with Crippen LogP contribution in [-0.2, 0) is 12.8 Å². The third kappa shape index (κ3) is 3.57. The number of aliphatic hydroxyl groups is 2. The van der Waals surface area contributed by atoms with E-state index in [-0.39, 0.29) is 12.7 Å². The van der Waals surface area contributed by atoms with E-state index >= 15 is 0 Å². The van der Waals surface area contributed by atoms with Crippen molar-refractivity contribution in [2.75, 3.05) is 6.61 Å². The highest BCUT2D eigenvalue weighted by molar-refractivity contribution is 5.02. The van der Waals surface area contributed by atoms with Gasteiger partial charge in [-0.25, -0.2) is 4.98 Å². The standard InChI is InChI=1S/C9H16N2O2/c1-7(13)5-8-6-10-9(11-8)3-2-4-12/h6-7,12-13H,2-5H2,1H3,(H,10,11). The van der Waals surface area contributed by atoms with Crippen molar-refractivity contribution < 1.29 is 10.2 Å². The molecule has 1 unspecified atom stereocenters. The summed E-state index contributed by atoms with van der Waals surface area (Å²) in [4.78, 5) is 7.23. The van der Waals surface area contributed by atoms with Gasteiger partial charge in [0.1, 0.15) is 5.82 Å². The Kier molecular flexibility index (Phi) is 3.92. The summed E-state index contributed by atoms with van der Waals surface area (Å²) in [6.45, 7) is 1.93. The quantitative estimate of drug-likeness (QED) is 0.614. The van der Waals surface area contributed by atoms with Crippen LogP contribution >= 0.6 is 0 Å². The molecule has 1 atom stereocenters. The highest BCUT2D eigenvalue weighted by Gasteiger charge is 2.03. The molecule has 4 heteroatoms. The largest absolute Gasteiger partial charge is 0.396 e. The van der Waals surface area contributed by atoms with Crippen LogP contribution in [0.5, 0.6) is 0 Å². The average molecular weight is 184 g/mol. The molecule has 0 fully saturated rings. The van der Waals surface area contributed by atoms with Gasteiger partial charge in [-0.3, -0.25) is 0 Å². The molecule has 74 valence electrons. The van der Waals surface area contributed by atoms with Crippen molar-refractivity contribution in [3.8, 4) is 0 Å². The Labute approximate surface area is 77.6 Å². The second-order valence-corrected chi connectivity index (χ2v) is 3.24. The molecule has 0 amide bonds. The zero-order valence-electron chi connectivity index (χ0n) is 7.82. The number of nitrogens with one attached hydrogen (secondary N) is 1. The molecule has 0 aliphatic rings. The number of rotatable bonds is 5. The van der Waals surface area contributed by atoms with Gasteiger partial charge in [0.05, 0.1) is 6.10 Å². The molecule has 0 spiro atoms. The van der Waals surface area contributed by atoms with E-state index < -0.39 is 0 Å². The summed E-state index contributed by atoms with van der Waals surface area (Å²) in [5, 5.41) is 17.7. The van der Waals surface area contributed by atoms with Gasteiger partial charge in [0, 0.05) is 31.3 Å². The van der Waals surface area contributed by atoms with Crippen molar-refractivity contribution in [1.82, 2.24) is 9.97 Å². The summed E-state index contributed by atoms with van der Waals surface area (Å²) < 4.78 is 0. The Bertz CT molecular complexity index is 246. The summed E-state index contributed by atoms with van der Waals surface area (Å²) in [6, 6.07) is 0. The Morgan fingerprint density at radius 2 is 2.38 bits per heavy atom. The number of nitrogens with zero attached hydrogens (tertiary/aromatic N) is 1. The summed E-state index contributed by atoms with van der Waals surface area (Å²) in [5.74, 6) is 0.879. The highest BCUT2D eigenvalue weighted by Crippen LogP contribution is 2.02. The first-order valence-corrected chi connectivity index (χ1v) is 4.54. The third-order valence-electron chi connectivity index (χ3n) is 1.77. The van der Waals surface area contributed by atoms with Gasteiger partial charge >= 0.3 is 0 Å². The molecule has 1 rings (SSSR count). The number of aromatic nitrogens is 2. The third-order valence-corrected chi connectivity index (χ3v) is 1.77. The number of aromatic amines is 1. The van der Waals surface area contributed by atoms with E-state index in [1.807, 2.05) is 0 Å². The number of hydrogen-bond donors (Lipinski definition) is 3. The molecule has 0 aliphatic carbocycles. The van der Waals surface area contributed by atoms with E-state index in [2.05, 4.69) is 9.97 Å². The predicted molar refractivity (Wildman–Crippen MR) is 49.4 cm³/mol. The number of aliphatic hydroxyl groups excluding tert-OH is 2. The van der Waals surface area contributed by atoms with Crippen LogP contribution in [-0.4, -0.2) is 32.9 Å². The maximum atomic E-state index is 9.10. The molecule has 0 aromatic carbocycles. The van der Waals surface area contributed by atoms with Crippen LogP contribution in [0.25, 0.3) is 0 Å². The van der Waals surface area contributed by atoms with Crippen molar-refractivity contribution in [2.45, 2.75) is 32.3 Å². The van der Waals surface area contributed by atoms with E-state index in [9.17, 15) is 0 Å². The lowest BCUT2D eigenvalue weighted by molar-refractivity contribution is 0.194. The van der Waals surface area contributed by atoms with Crippen LogP contribution in [0.2, 0.25) is 0 Å². The topological polar surface area (TPSA) is 69.1 Å². The molecule has 0 aliphatic heterocycles. The van der Waals surface area contributed by atoms with Gasteiger partial charge in [-0.2, -0.15) is 0 Å². The monoisotopic (exact) mass is 184 g/mol. The smallest absolute Gasteiger partial charge is 0.106 e. The van der Waals surface area contributed by atoms with Gasteiger partial charge in [-0.1, -0.05) is 0 Å². The van der Waals surface area contributed by atoms with Gasteiger partial charge in [0.15, 0.2) is 0 Å². The van der Waals surface area contributed by atoms with E-state index in [0.717, 1.165) is 24.4 Å². The van der Waals surface area contributed by atoms with Crippen LogP contribution in [0.1, 0.15) is 24.9 Å². The Hall–Kier alpha value is -0.870. The molecule has 4 nitrogen and oxygen atoms in total. The number of hydrogen-bond acceptors (Lipinski definition) is 3. The fourth-order valence-electron chi connectivity index (χ4n) is 1.20. The van der Waals surface area contributed by atoms with Crippen molar-refractivity contribution >= 4 is 0 Å². The summed E-state index contributed by atoms with van der Waals surface area (Å²) in [7, 11) is 0. The lowest BCUT2D eigenvalue weighted by Gasteiger charge is -1.99. The molecule has 0 bridgehead atoms. The van der Waals surface area contributed by atoms with Crippen LogP contribution in [0.3, 0.4) is 0 Å². The van der Waals surface area contributed by atoms with Crippen LogP contribution in [0.4, 0.5) is 0 Å². The number of aryl methyl sites for hydroxylation is 1. The predicted octanol–water partition coefficient (Wildman–Crippen LogP) is 0.258. The first-order valence-electron chi connectivity index (χ1n) is 4.54. The lowest BCUT2D eigenvalue weighted by Crippen LogP contribution is -2.04. The fourth-order valence-corrected chi connectivity index (χ4v) is 1.20. The molecule has 3 N–H and O–H groups in total. The molecule has 1 heterocycles. The molecule has 0 saturated heterocycles. The van der Waals surface area contributed by atoms with E-state index in [4.69, 9.17) is 10.2 Å². The van der Waals surface area contributed by atoms with Crippen LogP contribution in [0.15, 0.2) is 6.20 Å². The minimum atomic E-state index is -0.342. The molecular formula is C9H16N2O2. The minimum absolute atomic E-state index is 0.187. The Balaban J connectivity index is 2.44. The number of H-pyrrole nitrogens is 1. The average Bonchev–Trinajstić information content (AvgIpc) is 2.48. The molecule has 1 aromatic rings. The first-order chi connectivity index (χ1) is 6.22. The molecular weight excluding hydrogens is 168 g/mol. The SMILES string of the molecule is CC(O)Cc1cnc(CCCO)[nH]1. The van der Waals surface area contributed by atoms with Gasteiger partial charge in [0.2, 0.25) is 0 Å². The van der Waals surface area contributed by atoms with Crippen molar-refractivity contribution in [3.63, 3.8) is 0 Å². The van der Waals surface area contributed by atoms with E-state index in [0.29, 0.717) is 6.42 Å². The normalized spacial score (nSPS) is 13.2. The van der Waals surface area contributed by atoms with Gasteiger partial charge in [0.25, 0.3) is 0 Å². The second kappa shape index (κ2) is 4.99. The zero-order valence-corrected chi connectivity index (χ0v) is 7.82. The maximum Gasteiger partial charge on any atom is 0.106 e. The zero-order chi connectivity index (χ0) is 9.68. The Morgan fingerprint density at radius 1 is 1.62 bits per heavy atom. The van der Waals surface area contributed by atoms with Gasteiger partial charge in [-0.15, -0.1) is 0 Å². The number of imidazole rings is 1. The van der Waals surface area contributed by atoms with Gasteiger partial charge in [-0.05, 0) is 13.3 Å². The van der Waals surface area contributed by atoms with E-state index in [1.165, 1.54) is 0 Å². The van der Waals surface area contributed by atoms with Gasteiger partial charge < -0.3 is 15.2 Å². The maximum absolute atomic E-state index is 9.10. The molecule has 0 saturated carbocycles. The van der Waals surface area contributed by atoms with Crippen LogP contribution < -0.4 is 0 Å². The van der Waals surface area contributed by atoms with Crippen molar-refractivity contribution in [3.05, 3.63) is 17.7 Å². The molecule has 13 heavy (non-hydrogen) atoms. The summed E-state index contributed by atoms with van der Waals surface area (Å²) >= 11 is 0.